The van der Waals surface area contributed by atoms with Crippen LogP contribution in [0, 0.1) is 5.82 Å². The van der Waals surface area contributed by atoms with E-state index in [9.17, 15) is 19.1 Å². The molecule has 2 heterocycles. The first-order valence-electron chi connectivity index (χ1n) is 9.26. The van der Waals surface area contributed by atoms with Crippen molar-refractivity contribution in [3.05, 3.63) is 59.7 Å². The molecule has 0 saturated carbocycles. The van der Waals surface area contributed by atoms with Gasteiger partial charge in [0.15, 0.2) is 12.3 Å². The van der Waals surface area contributed by atoms with Gasteiger partial charge >= 0.3 is 12.1 Å². The molecule has 8 nitrogen and oxygen atoms in total. The van der Waals surface area contributed by atoms with Crippen molar-refractivity contribution in [2.45, 2.75) is 44.7 Å². The molecule has 1 fully saturated rings. The van der Waals surface area contributed by atoms with Crippen molar-refractivity contribution in [1.82, 2.24) is 9.88 Å². The number of hydrogen-bond donors (Lipinski definition) is 1. The van der Waals surface area contributed by atoms with E-state index in [0.29, 0.717) is 11.3 Å². The number of halogens is 1. The van der Waals surface area contributed by atoms with E-state index in [2.05, 4.69) is 4.98 Å². The minimum absolute atomic E-state index is 0.216. The van der Waals surface area contributed by atoms with E-state index in [0.717, 1.165) is 11.0 Å². The zero-order chi connectivity index (χ0) is 22.1. The molecule has 0 aliphatic carbocycles. The average Bonchev–Trinajstić information content (AvgIpc) is 3.08. The third-order valence-electron chi connectivity index (χ3n) is 4.43. The highest BCUT2D eigenvalue weighted by Gasteiger charge is 2.52. The number of rotatable bonds is 4. The quantitative estimate of drug-likeness (QED) is 0.809. The number of carboxylic acid groups (broad SMARTS) is 1. The van der Waals surface area contributed by atoms with Crippen molar-refractivity contribution in [2.75, 3.05) is 7.11 Å². The number of methoxy groups -OCH3 is 1. The lowest BCUT2D eigenvalue weighted by Gasteiger charge is -2.31. The Morgan fingerprint density at radius 1 is 1.20 bits per heavy atom. The SMILES string of the molecule is COc1ccc([C@H]2O[C@@H](C(=O)O)[C@H](c3ncccc3F)N2C(=O)OC(C)(C)C)cc1. The van der Waals surface area contributed by atoms with Crippen LogP contribution in [-0.2, 0) is 14.3 Å². The Hall–Kier alpha value is -3.20. The van der Waals surface area contributed by atoms with Crippen molar-refractivity contribution in [3.63, 3.8) is 0 Å². The van der Waals surface area contributed by atoms with Gasteiger partial charge in [0.25, 0.3) is 0 Å². The van der Waals surface area contributed by atoms with Crippen molar-refractivity contribution in [3.8, 4) is 5.75 Å². The molecule has 1 aromatic carbocycles. The number of benzene rings is 1. The number of carboxylic acids is 1. The van der Waals surface area contributed by atoms with Gasteiger partial charge in [0.1, 0.15) is 28.9 Å². The number of nitrogens with zero attached hydrogens (tertiary/aromatic N) is 2. The maximum atomic E-state index is 14.6. The molecule has 0 bridgehead atoms. The Bertz CT molecular complexity index is 928. The van der Waals surface area contributed by atoms with E-state index in [1.165, 1.54) is 19.4 Å². The number of ether oxygens (including phenoxy) is 3. The Morgan fingerprint density at radius 3 is 2.40 bits per heavy atom. The minimum atomic E-state index is -1.55. The normalized spacial score (nSPS) is 21.4. The first-order chi connectivity index (χ1) is 14.1. The second-order valence-corrected chi connectivity index (χ2v) is 7.72. The summed E-state index contributed by atoms with van der Waals surface area (Å²) in [6.45, 7) is 5.03. The zero-order valence-electron chi connectivity index (χ0n) is 17.0. The van der Waals surface area contributed by atoms with Crippen LogP contribution in [0.2, 0.25) is 0 Å². The van der Waals surface area contributed by atoms with Crippen LogP contribution in [0.5, 0.6) is 5.75 Å². The van der Waals surface area contributed by atoms with E-state index >= 15 is 0 Å². The van der Waals surface area contributed by atoms with Crippen LogP contribution in [0.25, 0.3) is 0 Å². The zero-order valence-corrected chi connectivity index (χ0v) is 17.0. The highest BCUT2D eigenvalue weighted by Crippen LogP contribution is 2.44. The number of carbonyl (C=O) groups is 2. The van der Waals surface area contributed by atoms with Gasteiger partial charge in [-0.3, -0.25) is 9.88 Å². The average molecular weight is 418 g/mol. The molecule has 1 aliphatic heterocycles. The van der Waals surface area contributed by atoms with Crippen LogP contribution in [0.3, 0.4) is 0 Å². The molecule has 0 radical (unpaired) electrons. The molecular formula is C21H23FN2O6. The van der Waals surface area contributed by atoms with Crippen LogP contribution in [0.1, 0.15) is 44.3 Å². The number of aromatic nitrogens is 1. The van der Waals surface area contributed by atoms with Crippen LogP contribution >= 0.6 is 0 Å². The van der Waals surface area contributed by atoms with Crippen molar-refractivity contribution in [2.24, 2.45) is 0 Å². The van der Waals surface area contributed by atoms with Crippen LogP contribution in [0.15, 0.2) is 42.6 Å². The Labute approximate surface area is 173 Å². The summed E-state index contributed by atoms with van der Waals surface area (Å²) in [5.41, 5.74) is -0.602. The summed E-state index contributed by atoms with van der Waals surface area (Å²) in [5.74, 6) is -1.53. The van der Waals surface area contributed by atoms with Crippen LogP contribution in [0.4, 0.5) is 9.18 Å². The fraction of sp³-hybridized carbons (Fsp3) is 0.381. The fourth-order valence-corrected chi connectivity index (χ4v) is 3.19. The van der Waals surface area contributed by atoms with E-state index < -0.39 is 41.9 Å². The van der Waals surface area contributed by atoms with Gasteiger partial charge < -0.3 is 19.3 Å². The molecule has 160 valence electrons. The molecule has 1 saturated heterocycles. The molecule has 1 amide bonds. The summed E-state index contributed by atoms with van der Waals surface area (Å²) < 4.78 is 30.9. The topological polar surface area (TPSA) is 98.2 Å². The standard InChI is InChI=1S/C21H23FN2O6/c1-21(2,3)30-20(27)24-16(15-14(22)6-5-11-23-15)17(19(25)26)29-18(24)12-7-9-13(28-4)10-8-12/h5-11,16-18H,1-4H3,(H,25,26)/t16-,17+,18+/m0/s1. The maximum Gasteiger partial charge on any atom is 0.413 e. The summed E-state index contributed by atoms with van der Waals surface area (Å²) in [6, 6.07) is 7.77. The first-order valence-corrected chi connectivity index (χ1v) is 9.26. The second-order valence-electron chi connectivity index (χ2n) is 7.72. The lowest BCUT2D eigenvalue weighted by atomic mass is 10.1. The van der Waals surface area contributed by atoms with Crippen molar-refractivity contribution >= 4 is 12.1 Å². The van der Waals surface area contributed by atoms with E-state index in [4.69, 9.17) is 14.2 Å². The van der Waals surface area contributed by atoms with Crippen molar-refractivity contribution in [1.29, 1.82) is 0 Å². The fourth-order valence-electron chi connectivity index (χ4n) is 3.19. The van der Waals surface area contributed by atoms with E-state index in [-0.39, 0.29) is 5.69 Å². The summed E-state index contributed by atoms with van der Waals surface area (Å²) in [5, 5.41) is 9.74. The Kier molecular flexibility index (Phi) is 5.93. The molecule has 30 heavy (non-hydrogen) atoms. The van der Waals surface area contributed by atoms with Crippen molar-refractivity contribution < 1.29 is 33.3 Å². The third kappa shape index (κ3) is 4.35. The molecule has 0 spiro atoms. The Balaban J connectivity index is 2.11. The van der Waals surface area contributed by atoms with Gasteiger partial charge in [-0.1, -0.05) is 12.1 Å². The molecular weight excluding hydrogens is 395 g/mol. The predicted octanol–water partition coefficient (Wildman–Crippen LogP) is 3.69. The minimum Gasteiger partial charge on any atom is -0.497 e. The highest BCUT2D eigenvalue weighted by molar-refractivity contribution is 5.77. The molecule has 3 atom stereocenters. The highest BCUT2D eigenvalue weighted by atomic mass is 19.1. The smallest absolute Gasteiger partial charge is 0.413 e. The third-order valence-corrected chi connectivity index (χ3v) is 4.43. The number of pyridine rings is 1. The van der Waals surface area contributed by atoms with Gasteiger partial charge in [0, 0.05) is 11.8 Å². The lowest BCUT2D eigenvalue weighted by molar-refractivity contribution is -0.150. The van der Waals surface area contributed by atoms with E-state index in [1.807, 2.05) is 0 Å². The largest absolute Gasteiger partial charge is 0.497 e. The van der Waals surface area contributed by atoms with Gasteiger partial charge in [0.05, 0.1) is 7.11 Å². The monoisotopic (exact) mass is 418 g/mol. The summed E-state index contributed by atoms with van der Waals surface area (Å²) in [7, 11) is 1.51. The molecule has 9 heteroatoms. The van der Waals surface area contributed by atoms with Gasteiger partial charge in [-0.2, -0.15) is 0 Å². The van der Waals surface area contributed by atoms with Gasteiger partial charge in [-0.05, 0) is 45.0 Å². The maximum absolute atomic E-state index is 14.6. The summed E-state index contributed by atoms with van der Waals surface area (Å²) in [4.78, 5) is 30.1. The molecule has 2 aromatic rings. The summed E-state index contributed by atoms with van der Waals surface area (Å²) >= 11 is 0. The predicted molar refractivity (Wildman–Crippen MR) is 103 cm³/mol. The number of aliphatic carboxylic acids is 1. The van der Waals surface area contributed by atoms with E-state index in [1.54, 1.807) is 45.0 Å². The lowest BCUT2D eigenvalue weighted by Crippen LogP contribution is -2.40. The van der Waals surface area contributed by atoms with Gasteiger partial charge in [0.2, 0.25) is 0 Å². The molecule has 1 N–H and O–H groups in total. The first kappa shape index (κ1) is 21.5. The van der Waals surface area contributed by atoms with Crippen LogP contribution in [-0.4, -0.2) is 45.9 Å². The number of hydrogen-bond acceptors (Lipinski definition) is 6. The number of amides is 1. The molecule has 0 unspecified atom stereocenters. The van der Waals surface area contributed by atoms with Gasteiger partial charge in [-0.25, -0.2) is 14.0 Å². The van der Waals surface area contributed by atoms with Crippen LogP contribution < -0.4 is 4.74 Å². The summed E-state index contributed by atoms with van der Waals surface area (Å²) in [6.07, 6.45) is -2.19. The molecule has 3 rings (SSSR count). The molecule has 1 aliphatic rings. The Morgan fingerprint density at radius 2 is 1.87 bits per heavy atom. The number of carbonyl (C=O) groups excluding carboxylic acids is 1. The molecule has 1 aromatic heterocycles. The second kappa shape index (κ2) is 8.27. The van der Waals surface area contributed by atoms with Gasteiger partial charge in [-0.15, -0.1) is 0 Å².